The van der Waals surface area contributed by atoms with Crippen LogP contribution < -0.4 is 5.32 Å². The maximum Gasteiger partial charge on any atom is 0.416 e. The molecule has 8 heteroatoms. The highest BCUT2D eigenvalue weighted by Gasteiger charge is 2.36. The first-order valence-electron chi connectivity index (χ1n) is 7.82. The Morgan fingerprint density at radius 2 is 2.04 bits per heavy atom. The third-order valence-electron chi connectivity index (χ3n) is 4.69. The van der Waals surface area contributed by atoms with Gasteiger partial charge in [0.1, 0.15) is 12.4 Å². The lowest BCUT2D eigenvalue weighted by Crippen LogP contribution is -2.43. The van der Waals surface area contributed by atoms with Crippen LogP contribution >= 0.6 is 0 Å². The van der Waals surface area contributed by atoms with Crippen molar-refractivity contribution in [2.75, 3.05) is 26.2 Å². The van der Waals surface area contributed by atoms with Crippen LogP contribution in [-0.4, -0.2) is 37.2 Å². The number of ether oxygens (including phenoxy) is 1. The number of amides is 1. The molecule has 1 aromatic rings. The SMILES string of the molecule is O=C(OCc1ccc(F)cc1C(F)(F)F)N1CCC2CNCC2C1. The lowest BCUT2D eigenvalue weighted by atomic mass is 9.89. The number of carbonyl (C=O) groups excluding carboxylic acids is 1. The molecule has 0 aliphatic carbocycles. The summed E-state index contributed by atoms with van der Waals surface area (Å²) in [6, 6.07) is 2.34. The van der Waals surface area contributed by atoms with E-state index in [2.05, 4.69) is 5.32 Å². The van der Waals surface area contributed by atoms with Crippen LogP contribution in [0.5, 0.6) is 0 Å². The molecule has 4 nitrogen and oxygen atoms in total. The number of benzene rings is 1. The molecule has 3 rings (SSSR count). The molecule has 0 saturated carbocycles. The summed E-state index contributed by atoms with van der Waals surface area (Å²) < 4.78 is 56.9. The highest BCUT2D eigenvalue weighted by atomic mass is 19.4. The van der Waals surface area contributed by atoms with E-state index in [0.29, 0.717) is 31.0 Å². The zero-order valence-electron chi connectivity index (χ0n) is 12.9. The van der Waals surface area contributed by atoms with Gasteiger partial charge in [-0.2, -0.15) is 13.2 Å². The van der Waals surface area contributed by atoms with Crippen molar-refractivity contribution in [3.05, 3.63) is 35.1 Å². The van der Waals surface area contributed by atoms with Crippen LogP contribution in [0, 0.1) is 17.7 Å². The second kappa shape index (κ2) is 6.58. The number of hydrogen-bond acceptors (Lipinski definition) is 3. The molecule has 0 bridgehead atoms. The van der Waals surface area contributed by atoms with Gasteiger partial charge in [-0.25, -0.2) is 9.18 Å². The van der Waals surface area contributed by atoms with Gasteiger partial charge in [0, 0.05) is 18.7 Å². The van der Waals surface area contributed by atoms with E-state index in [-0.39, 0.29) is 5.56 Å². The summed E-state index contributed by atoms with van der Waals surface area (Å²) in [4.78, 5) is 13.6. The number of halogens is 4. The third kappa shape index (κ3) is 3.63. The number of carbonyl (C=O) groups is 1. The third-order valence-corrected chi connectivity index (χ3v) is 4.69. The van der Waals surface area contributed by atoms with Gasteiger partial charge in [0.05, 0.1) is 5.56 Å². The summed E-state index contributed by atoms with van der Waals surface area (Å²) in [5, 5.41) is 3.27. The number of rotatable bonds is 2. The Morgan fingerprint density at radius 1 is 1.29 bits per heavy atom. The van der Waals surface area contributed by atoms with Gasteiger partial charge in [-0.1, -0.05) is 6.07 Å². The van der Waals surface area contributed by atoms with Crippen molar-refractivity contribution < 1.29 is 27.1 Å². The Balaban J connectivity index is 1.62. The van der Waals surface area contributed by atoms with Crippen LogP contribution in [0.25, 0.3) is 0 Å². The van der Waals surface area contributed by atoms with Gasteiger partial charge in [-0.05, 0) is 43.5 Å². The predicted octanol–water partition coefficient (Wildman–Crippen LogP) is 3.02. The molecule has 0 radical (unpaired) electrons. The normalized spacial score (nSPS) is 23.9. The van der Waals surface area contributed by atoms with Crippen molar-refractivity contribution in [1.29, 1.82) is 0 Å². The van der Waals surface area contributed by atoms with Crippen molar-refractivity contribution in [1.82, 2.24) is 10.2 Å². The first kappa shape index (κ1) is 17.0. The van der Waals surface area contributed by atoms with E-state index in [1.807, 2.05) is 0 Å². The fourth-order valence-electron chi connectivity index (χ4n) is 3.37. The summed E-state index contributed by atoms with van der Waals surface area (Å²) in [5.74, 6) is -0.0703. The molecule has 1 amide bonds. The fraction of sp³-hybridized carbons (Fsp3) is 0.562. The van der Waals surface area contributed by atoms with E-state index in [1.54, 1.807) is 0 Å². The van der Waals surface area contributed by atoms with Gasteiger partial charge < -0.3 is 15.0 Å². The topological polar surface area (TPSA) is 41.6 Å². The van der Waals surface area contributed by atoms with Gasteiger partial charge in [-0.15, -0.1) is 0 Å². The Labute approximate surface area is 136 Å². The Morgan fingerprint density at radius 3 is 2.79 bits per heavy atom. The molecule has 2 aliphatic rings. The van der Waals surface area contributed by atoms with Crippen molar-refractivity contribution in [3.8, 4) is 0 Å². The van der Waals surface area contributed by atoms with Crippen LogP contribution in [0.3, 0.4) is 0 Å². The average Bonchev–Trinajstić information content (AvgIpc) is 3.00. The average molecular weight is 346 g/mol. The minimum Gasteiger partial charge on any atom is -0.445 e. The van der Waals surface area contributed by atoms with Gasteiger partial charge >= 0.3 is 12.3 Å². The molecule has 1 aromatic carbocycles. The molecule has 2 aliphatic heterocycles. The quantitative estimate of drug-likeness (QED) is 0.837. The van der Waals surface area contributed by atoms with Crippen LogP contribution in [0.4, 0.5) is 22.4 Å². The summed E-state index contributed by atoms with van der Waals surface area (Å²) in [5.41, 5.74) is -1.37. The maximum atomic E-state index is 13.1. The van der Waals surface area contributed by atoms with Crippen molar-refractivity contribution in [2.24, 2.45) is 11.8 Å². The first-order valence-corrected chi connectivity index (χ1v) is 7.82. The van der Waals surface area contributed by atoms with Crippen LogP contribution in [-0.2, 0) is 17.5 Å². The smallest absolute Gasteiger partial charge is 0.416 e. The molecule has 2 fully saturated rings. The summed E-state index contributed by atoms with van der Waals surface area (Å²) >= 11 is 0. The summed E-state index contributed by atoms with van der Waals surface area (Å²) in [6.45, 7) is 2.34. The van der Waals surface area contributed by atoms with Crippen molar-refractivity contribution in [3.63, 3.8) is 0 Å². The minimum atomic E-state index is -4.70. The van der Waals surface area contributed by atoms with Crippen molar-refractivity contribution in [2.45, 2.75) is 19.2 Å². The maximum absolute atomic E-state index is 13.1. The number of likely N-dealkylation sites (tertiary alicyclic amines) is 1. The number of hydrogen-bond donors (Lipinski definition) is 1. The number of nitrogens with one attached hydrogen (secondary N) is 1. The van der Waals surface area contributed by atoms with Gasteiger partial charge in [-0.3, -0.25) is 0 Å². The van der Waals surface area contributed by atoms with Crippen LogP contribution in [0.2, 0.25) is 0 Å². The van der Waals surface area contributed by atoms with E-state index in [1.165, 1.54) is 4.90 Å². The number of alkyl halides is 3. The monoisotopic (exact) mass is 346 g/mol. The zero-order chi connectivity index (χ0) is 17.3. The Kier molecular flexibility index (Phi) is 4.67. The molecule has 0 aromatic heterocycles. The second-order valence-corrected chi connectivity index (χ2v) is 6.27. The molecular formula is C16H18F4N2O2. The highest BCUT2D eigenvalue weighted by Crippen LogP contribution is 2.33. The largest absolute Gasteiger partial charge is 0.445 e. The fourth-order valence-corrected chi connectivity index (χ4v) is 3.37. The van der Waals surface area contributed by atoms with Crippen LogP contribution in [0.1, 0.15) is 17.5 Å². The molecule has 24 heavy (non-hydrogen) atoms. The first-order chi connectivity index (χ1) is 11.3. The lowest BCUT2D eigenvalue weighted by molar-refractivity contribution is -0.138. The standard InChI is InChI=1S/C16H18F4N2O2/c17-13-2-1-11(14(5-13)16(18,19)20)9-24-15(23)22-4-3-10-6-21-7-12(10)8-22/h1-2,5,10,12,21H,3-4,6-9H2. The summed E-state index contributed by atoms with van der Waals surface area (Å²) in [7, 11) is 0. The van der Waals surface area contributed by atoms with Gasteiger partial charge in [0.2, 0.25) is 0 Å². The van der Waals surface area contributed by atoms with E-state index in [0.717, 1.165) is 31.6 Å². The van der Waals surface area contributed by atoms with Gasteiger partial charge in [0.15, 0.2) is 0 Å². The second-order valence-electron chi connectivity index (χ2n) is 6.27. The molecule has 2 unspecified atom stereocenters. The molecule has 0 spiro atoms. The highest BCUT2D eigenvalue weighted by molar-refractivity contribution is 5.67. The Hall–Kier alpha value is -1.83. The number of piperidine rings is 1. The predicted molar refractivity (Wildman–Crippen MR) is 77.6 cm³/mol. The lowest BCUT2D eigenvalue weighted by Gasteiger charge is -2.33. The molecule has 1 N–H and O–H groups in total. The molecular weight excluding hydrogens is 328 g/mol. The zero-order valence-corrected chi connectivity index (χ0v) is 12.9. The van der Waals surface area contributed by atoms with Gasteiger partial charge in [0.25, 0.3) is 0 Å². The Bertz CT molecular complexity index is 621. The number of nitrogens with zero attached hydrogens (tertiary/aromatic N) is 1. The van der Waals surface area contributed by atoms with E-state index < -0.39 is 30.3 Å². The minimum absolute atomic E-state index is 0.255. The van der Waals surface area contributed by atoms with E-state index in [4.69, 9.17) is 4.74 Å². The van der Waals surface area contributed by atoms with Crippen molar-refractivity contribution >= 4 is 6.09 Å². The van der Waals surface area contributed by atoms with E-state index >= 15 is 0 Å². The number of fused-ring (bicyclic) bond motifs is 1. The molecule has 2 heterocycles. The molecule has 2 atom stereocenters. The summed E-state index contributed by atoms with van der Waals surface area (Å²) in [6.07, 6.45) is -4.47. The molecule has 132 valence electrons. The van der Waals surface area contributed by atoms with E-state index in [9.17, 15) is 22.4 Å². The van der Waals surface area contributed by atoms with Crippen LogP contribution in [0.15, 0.2) is 18.2 Å². The molecule has 2 saturated heterocycles.